The molecule has 0 saturated heterocycles. The van der Waals surface area contributed by atoms with Crippen LogP contribution in [0.2, 0.25) is 0 Å². The Morgan fingerprint density at radius 3 is 2.23 bits per heavy atom. The summed E-state index contributed by atoms with van der Waals surface area (Å²) in [6.07, 6.45) is 0.443. The molecule has 0 atom stereocenters. The Morgan fingerprint density at radius 2 is 1.41 bits per heavy atom. The number of rotatable bonds is 1. The molecule has 0 bridgehead atoms. The molecule has 3 aromatic rings. The predicted molar refractivity (Wildman–Crippen MR) is 87.0 cm³/mol. The summed E-state index contributed by atoms with van der Waals surface area (Å²) < 4.78 is 0. The van der Waals surface area contributed by atoms with Crippen LogP contribution in [0.5, 0.6) is 5.75 Å². The Morgan fingerprint density at radius 1 is 0.727 bits per heavy atom. The fourth-order valence-corrected chi connectivity index (χ4v) is 3.16. The van der Waals surface area contributed by atoms with Crippen molar-refractivity contribution in [3.05, 3.63) is 77.9 Å². The molecule has 3 aromatic carbocycles. The van der Waals surface area contributed by atoms with E-state index in [4.69, 9.17) is 0 Å². The predicted octanol–water partition coefficient (Wildman–Crippen LogP) is 4.47. The average molecular weight is 286 g/mol. The minimum absolute atomic E-state index is 0.150. The van der Waals surface area contributed by atoms with E-state index in [0.717, 1.165) is 33.4 Å². The number of carbonyl (C=O) groups excluding carboxylic acids is 1. The maximum atomic E-state index is 12.7. The lowest BCUT2D eigenvalue weighted by molar-refractivity contribution is 0.0992. The number of benzene rings is 3. The van der Waals surface area contributed by atoms with Gasteiger partial charge in [-0.2, -0.15) is 0 Å². The first-order valence-electron chi connectivity index (χ1n) is 7.28. The minimum atomic E-state index is 0.150. The molecule has 1 aliphatic carbocycles. The van der Waals surface area contributed by atoms with Gasteiger partial charge in [0.1, 0.15) is 5.75 Å². The van der Waals surface area contributed by atoms with E-state index in [2.05, 4.69) is 6.07 Å². The summed E-state index contributed by atoms with van der Waals surface area (Å²) >= 11 is 0. The topological polar surface area (TPSA) is 37.3 Å². The molecule has 0 saturated carbocycles. The lowest BCUT2D eigenvalue weighted by atomic mass is 9.81. The average Bonchev–Trinajstić information content (AvgIpc) is 2.55. The monoisotopic (exact) mass is 286 g/mol. The van der Waals surface area contributed by atoms with Crippen LogP contribution in [0.25, 0.3) is 22.3 Å². The molecule has 0 fully saturated rings. The fourth-order valence-electron chi connectivity index (χ4n) is 3.16. The van der Waals surface area contributed by atoms with E-state index < -0.39 is 0 Å². The van der Waals surface area contributed by atoms with Crippen LogP contribution in [0.1, 0.15) is 15.9 Å². The van der Waals surface area contributed by atoms with Gasteiger partial charge in [-0.25, -0.2) is 0 Å². The number of fused-ring (bicyclic) bond motifs is 3. The number of ketones is 1. The number of aromatic hydroxyl groups is 1. The SMILES string of the molecule is O=C1Cc2ccccc2-c2cccc(-c3ccc(O)cc3)c21. The highest BCUT2D eigenvalue weighted by molar-refractivity contribution is 6.12. The van der Waals surface area contributed by atoms with Crippen molar-refractivity contribution in [1.29, 1.82) is 0 Å². The minimum Gasteiger partial charge on any atom is -0.508 e. The van der Waals surface area contributed by atoms with Crippen molar-refractivity contribution >= 4 is 5.78 Å². The summed E-state index contributed by atoms with van der Waals surface area (Å²) in [6.45, 7) is 0. The highest BCUT2D eigenvalue weighted by Gasteiger charge is 2.25. The van der Waals surface area contributed by atoms with E-state index in [9.17, 15) is 9.90 Å². The second kappa shape index (κ2) is 4.85. The van der Waals surface area contributed by atoms with Crippen LogP contribution in [0.3, 0.4) is 0 Å². The van der Waals surface area contributed by atoms with Gasteiger partial charge in [-0.15, -0.1) is 0 Å². The van der Waals surface area contributed by atoms with Crippen molar-refractivity contribution in [2.75, 3.05) is 0 Å². The molecular weight excluding hydrogens is 272 g/mol. The van der Waals surface area contributed by atoms with Crippen LogP contribution < -0.4 is 0 Å². The van der Waals surface area contributed by atoms with Crippen LogP contribution in [0.4, 0.5) is 0 Å². The second-order valence-corrected chi connectivity index (χ2v) is 5.53. The van der Waals surface area contributed by atoms with Gasteiger partial charge in [0, 0.05) is 12.0 Å². The van der Waals surface area contributed by atoms with Gasteiger partial charge >= 0.3 is 0 Å². The molecule has 0 aliphatic heterocycles. The number of hydrogen-bond acceptors (Lipinski definition) is 2. The van der Waals surface area contributed by atoms with Crippen molar-refractivity contribution in [2.24, 2.45) is 0 Å². The number of Topliss-reactive ketones (excluding diaryl/α,β-unsaturated/α-hetero) is 1. The third-order valence-electron chi connectivity index (χ3n) is 4.18. The zero-order chi connectivity index (χ0) is 15.1. The molecule has 0 heterocycles. The number of phenolic OH excluding ortho intramolecular Hbond substituents is 1. The number of carbonyl (C=O) groups is 1. The van der Waals surface area contributed by atoms with E-state index in [1.807, 2.05) is 48.5 Å². The molecule has 1 aliphatic rings. The third kappa shape index (κ3) is 1.92. The highest BCUT2D eigenvalue weighted by atomic mass is 16.3. The first kappa shape index (κ1) is 12.8. The molecule has 0 radical (unpaired) electrons. The second-order valence-electron chi connectivity index (χ2n) is 5.53. The Balaban J connectivity index is 1.98. The fraction of sp³-hybridized carbons (Fsp3) is 0.0500. The molecule has 0 spiro atoms. The molecule has 22 heavy (non-hydrogen) atoms. The number of phenols is 1. The Kier molecular flexibility index (Phi) is 2.83. The van der Waals surface area contributed by atoms with Crippen LogP contribution in [0.15, 0.2) is 66.7 Å². The van der Waals surface area contributed by atoms with Crippen molar-refractivity contribution in [2.45, 2.75) is 6.42 Å². The van der Waals surface area contributed by atoms with Gasteiger partial charge in [0.05, 0.1) is 0 Å². The lowest BCUT2D eigenvalue weighted by Gasteiger charge is -2.21. The van der Waals surface area contributed by atoms with Crippen molar-refractivity contribution in [1.82, 2.24) is 0 Å². The van der Waals surface area contributed by atoms with Gasteiger partial charge in [0.2, 0.25) is 0 Å². The van der Waals surface area contributed by atoms with Crippen LogP contribution in [0, 0.1) is 0 Å². The van der Waals surface area contributed by atoms with Crippen LogP contribution in [-0.2, 0) is 6.42 Å². The van der Waals surface area contributed by atoms with E-state index in [0.29, 0.717) is 6.42 Å². The van der Waals surface area contributed by atoms with Gasteiger partial charge in [0.15, 0.2) is 5.78 Å². The Bertz CT molecular complexity index is 876. The van der Waals surface area contributed by atoms with Gasteiger partial charge in [0.25, 0.3) is 0 Å². The zero-order valence-corrected chi connectivity index (χ0v) is 11.9. The Hall–Kier alpha value is -2.87. The normalized spacial score (nSPS) is 12.6. The van der Waals surface area contributed by atoms with E-state index in [1.165, 1.54) is 0 Å². The van der Waals surface area contributed by atoms with Crippen molar-refractivity contribution in [3.8, 4) is 28.0 Å². The quantitative estimate of drug-likeness (QED) is 0.717. The molecule has 4 rings (SSSR count). The van der Waals surface area contributed by atoms with Crippen molar-refractivity contribution < 1.29 is 9.90 Å². The maximum Gasteiger partial charge on any atom is 0.168 e. The zero-order valence-electron chi connectivity index (χ0n) is 11.9. The summed E-state index contributed by atoms with van der Waals surface area (Å²) in [6, 6.07) is 21.0. The highest BCUT2D eigenvalue weighted by Crippen LogP contribution is 2.38. The summed E-state index contributed by atoms with van der Waals surface area (Å²) in [5.74, 6) is 0.377. The van der Waals surface area contributed by atoms with Crippen LogP contribution >= 0.6 is 0 Å². The smallest absolute Gasteiger partial charge is 0.168 e. The number of hydrogen-bond donors (Lipinski definition) is 1. The molecule has 106 valence electrons. The first-order chi connectivity index (χ1) is 10.7. The largest absolute Gasteiger partial charge is 0.508 e. The molecule has 0 unspecified atom stereocenters. The van der Waals surface area contributed by atoms with Gasteiger partial charge in [-0.1, -0.05) is 54.6 Å². The molecule has 2 heteroatoms. The molecule has 1 N–H and O–H groups in total. The van der Waals surface area contributed by atoms with Crippen LogP contribution in [-0.4, -0.2) is 10.9 Å². The van der Waals surface area contributed by atoms with E-state index in [-0.39, 0.29) is 11.5 Å². The summed E-state index contributed by atoms with van der Waals surface area (Å²) in [4.78, 5) is 12.7. The molecule has 0 amide bonds. The summed E-state index contributed by atoms with van der Waals surface area (Å²) in [5, 5.41) is 9.46. The molecule has 0 aromatic heterocycles. The summed E-state index contributed by atoms with van der Waals surface area (Å²) in [5.41, 5.74) is 5.88. The first-order valence-corrected chi connectivity index (χ1v) is 7.28. The van der Waals surface area contributed by atoms with Gasteiger partial charge in [-0.05, 0) is 39.9 Å². The molecule has 2 nitrogen and oxygen atoms in total. The lowest BCUT2D eigenvalue weighted by Crippen LogP contribution is -2.13. The standard InChI is InChI=1S/C20H14O2/c21-15-10-8-13(9-11-15)17-6-3-7-18-16-5-2-1-4-14(16)12-19(22)20(17)18/h1-11,21H,12H2. The maximum absolute atomic E-state index is 12.7. The van der Waals surface area contributed by atoms with E-state index in [1.54, 1.807) is 12.1 Å². The van der Waals surface area contributed by atoms with E-state index >= 15 is 0 Å². The van der Waals surface area contributed by atoms with Crippen molar-refractivity contribution in [3.63, 3.8) is 0 Å². The summed E-state index contributed by atoms with van der Waals surface area (Å²) in [7, 11) is 0. The third-order valence-corrected chi connectivity index (χ3v) is 4.18. The molecular formula is C20H14O2. The Labute approximate surface area is 128 Å². The van der Waals surface area contributed by atoms with Gasteiger partial charge < -0.3 is 5.11 Å². The van der Waals surface area contributed by atoms with Gasteiger partial charge in [-0.3, -0.25) is 4.79 Å².